The quantitative estimate of drug-likeness (QED) is 0.777. The molecule has 0 amide bonds. The zero-order chi connectivity index (χ0) is 17.4. The number of hydrogen-bond acceptors (Lipinski definition) is 6. The Labute approximate surface area is 138 Å². The molecule has 0 spiro atoms. The zero-order valence-corrected chi connectivity index (χ0v) is 14.4. The summed E-state index contributed by atoms with van der Waals surface area (Å²) in [6, 6.07) is 0. The number of methoxy groups -OCH3 is 1. The summed E-state index contributed by atoms with van der Waals surface area (Å²) < 4.78 is 9.66. The molecule has 0 unspecified atom stereocenters. The average molecular weight is 334 g/mol. The molecule has 2 aromatic heterocycles. The van der Waals surface area contributed by atoms with E-state index in [1.165, 1.54) is 9.13 Å². The summed E-state index contributed by atoms with van der Waals surface area (Å²) in [5.41, 5.74) is 1.06. The first-order valence-corrected chi connectivity index (χ1v) is 8.00. The first-order chi connectivity index (χ1) is 11.5. The smallest absolute Gasteiger partial charge is 0.332 e. The minimum absolute atomic E-state index is 0.296. The summed E-state index contributed by atoms with van der Waals surface area (Å²) in [4.78, 5) is 29.8. The normalized spacial score (nSPS) is 14.2. The second-order valence-electron chi connectivity index (χ2n) is 5.92. The number of aryl methyl sites for hydroxylation is 1. The second kappa shape index (κ2) is 6.23. The van der Waals surface area contributed by atoms with Crippen molar-refractivity contribution < 1.29 is 4.74 Å². The summed E-state index contributed by atoms with van der Waals surface area (Å²) in [6.45, 7) is 5.72. The maximum atomic E-state index is 12.9. The van der Waals surface area contributed by atoms with Crippen LogP contribution in [-0.2, 0) is 24.9 Å². The topological polar surface area (TPSA) is 86.7 Å². The predicted octanol–water partition coefficient (Wildman–Crippen LogP) is 0.149. The highest BCUT2D eigenvalue weighted by atomic mass is 16.5. The van der Waals surface area contributed by atoms with E-state index in [4.69, 9.17) is 4.74 Å². The SMILES string of the molecule is CCCn1c(=O)c2c(nc3n2CC(C)=NN3CCOC)n(C)c1=O. The van der Waals surface area contributed by atoms with E-state index in [2.05, 4.69) is 10.1 Å². The van der Waals surface area contributed by atoms with Crippen LogP contribution in [0.4, 0.5) is 5.95 Å². The van der Waals surface area contributed by atoms with Crippen molar-refractivity contribution in [1.82, 2.24) is 18.7 Å². The van der Waals surface area contributed by atoms with E-state index in [9.17, 15) is 9.59 Å². The molecule has 0 bridgehead atoms. The molecule has 1 aliphatic heterocycles. The number of fused-ring (bicyclic) bond motifs is 3. The van der Waals surface area contributed by atoms with Crippen molar-refractivity contribution in [3.8, 4) is 0 Å². The highest BCUT2D eigenvalue weighted by Gasteiger charge is 2.26. The van der Waals surface area contributed by atoms with Gasteiger partial charge in [0.15, 0.2) is 11.2 Å². The number of hydrazone groups is 1. The lowest BCUT2D eigenvalue weighted by atomic mass is 10.3. The van der Waals surface area contributed by atoms with E-state index < -0.39 is 0 Å². The molecule has 130 valence electrons. The molecule has 0 saturated carbocycles. The van der Waals surface area contributed by atoms with E-state index in [0.29, 0.717) is 49.8 Å². The van der Waals surface area contributed by atoms with Gasteiger partial charge in [0, 0.05) is 20.7 Å². The van der Waals surface area contributed by atoms with E-state index >= 15 is 0 Å². The van der Waals surface area contributed by atoms with Gasteiger partial charge in [-0.15, -0.1) is 0 Å². The van der Waals surface area contributed by atoms with Crippen molar-refractivity contribution in [1.29, 1.82) is 0 Å². The third kappa shape index (κ3) is 2.44. The zero-order valence-electron chi connectivity index (χ0n) is 14.4. The molecule has 1 aliphatic rings. The number of aromatic nitrogens is 4. The van der Waals surface area contributed by atoms with Gasteiger partial charge in [0.2, 0.25) is 5.95 Å². The molecular formula is C15H22N6O3. The minimum atomic E-state index is -0.342. The van der Waals surface area contributed by atoms with Gasteiger partial charge in [0.05, 0.1) is 25.4 Å². The number of ether oxygens (including phenoxy) is 1. The number of nitrogens with zero attached hydrogens (tertiary/aromatic N) is 6. The van der Waals surface area contributed by atoms with Crippen molar-refractivity contribution in [2.24, 2.45) is 12.1 Å². The van der Waals surface area contributed by atoms with Crippen LogP contribution in [0, 0.1) is 0 Å². The largest absolute Gasteiger partial charge is 0.383 e. The number of rotatable bonds is 5. The van der Waals surface area contributed by atoms with Gasteiger partial charge in [-0.25, -0.2) is 9.80 Å². The second-order valence-corrected chi connectivity index (χ2v) is 5.92. The number of hydrogen-bond donors (Lipinski definition) is 0. The van der Waals surface area contributed by atoms with E-state index in [-0.39, 0.29) is 11.2 Å². The molecule has 0 atom stereocenters. The van der Waals surface area contributed by atoms with Gasteiger partial charge >= 0.3 is 5.69 Å². The van der Waals surface area contributed by atoms with Crippen LogP contribution in [0.2, 0.25) is 0 Å². The lowest BCUT2D eigenvalue weighted by Gasteiger charge is -2.24. The lowest BCUT2D eigenvalue weighted by molar-refractivity contribution is 0.205. The summed E-state index contributed by atoms with van der Waals surface area (Å²) >= 11 is 0. The predicted molar refractivity (Wildman–Crippen MR) is 91.9 cm³/mol. The van der Waals surface area contributed by atoms with E-state index in [1.54, 1.807) is 19.2 Å². The Morgan fingerprint density at radius 1 is 1.25 bits per heavy atom. The fourth-order valence-corrected chi connectivity index (χ4v) is 2.97. The minimum Gasteiger partial charge on any atom is -0.383 e. The van der Waals surface area contributed by atoms with Gasteiger partial charge in [-0.1, -0.05) is 6.92 Å². The molecular weight excluding hydrogens is 312 g/mol. The number of anilines is 1. The van der Waals surface area contributed by atoms with Gasteiger partial charge in [0.1, 0.15) is 0 Å². The third-order valence-corrected chi connectivity index (χ3v) is 4.08. The van der Waals surface area contributed by atoms with Crippen LogP contribution in [0.15, 0.2) is 14.7 Å². The van der Waals surface area contributed by atoms with Crippen LogP contribution < -0.4 is 16.3 Å². The fourth-order valence-electron chi connectivity index (χ4n) is 2.97. The highest BCUT2D eigenvalue weighted by Crippen LogP contribution is 2.23. The maximum absolute atomic E-state index is 12.9. The van der Waals surface area contributed by atoms with Crippen molar-refractivity contribution in [3.63, 3.8) is 0 Å². The first kappa shape index (κ1) is 16.4. The van der Waals surface area contributed by atoms with E-state index in [1.807, 2.05) is 18.4 Å². The van der Waals surface area contributed by atoms with Gasteiger partial charge in [-0.05, 0) is 13.3 Å². The molecule has 3 rings (SSSR count). The van der Waals surface area contributed by atoms with Gasteiger partial charge in [-0.3, -0.25) is 18.5 Å². The Bertz CT molecular complexity index is 920. The van der Waals surface area contributed by atoms with Crippen molar-refractivity contribution in [2.75, 3.05) is 25.3 Å². The molecule has 9 nitrogen and oxygen atoms in total. The van der Waals surface area contributed by atoms with Gasteiger partial charge < -0.3 is 4.74 Å². The molecule has 0 aromatic carbocycles. The molecule has 0 radical (unpaired) electrons. The van der Waals surface area contributed by atoms with E-state index in [0.717, 1.165) is 5.71 Å². The van der Waals surface area contributed by atoms with Crippen molar-refractivity contribution >= 4 is 22.8 Å². The molecule has 0 fully saturated rings. The van der Waals surface area contributed by atoms with Crippen LogP contribution in [0.25, 0.3) is 11.2 Å². The first-order valence-electron chi connectivity index (χ1n) is 8.00. The molecule has 2 aromatic rings. The Kier molecular flexibility index (Phi) is 4.27. The summed E-state index contributed by atoms with van der Waals surface area (Å²) in [7, 11) is 3.26. The summed E-state index contributed by atoms with van der Waals surface area (Å²) in [5.74, 6) is 0.564. The molecule has 0 saturated heterocycles. The molecule has 24 heavy (non-hydrogen) atoms. The third-order valence-electron chi connectivity index (χ3n) is 4.08. The van der Waals surface area contributed by atoms with Crippen LogP contribution in [0.1, 0.15) is 20.3 Å². The Balaban J connectivity index is 2.28. The molecule has 0 N–H and O–H groups in total. The van der Waals surface area contributed by atoms with Crippen LogP contribution in [0.3, 0.4) is 0 Å². The standard InChI is InChI=1S/C15H22N6O3/c1-5-6-19-13(22)11-12(18(3)15(19)23)16-14-20(11)9-10(2)17-21(14)7-8-24-4/h5-9H2,1-4H3. The number of imidazole rings is 1. The van der Waals surface area contributed by atoms with Crippen LogP contribution >= 0.6 is 0 Å². The summed E-state index contributed by atoms with van der Waals surface area (Å²) in [6.07, 6.45) is 0.710. The van der Waals surface area contributed by atoms with Gasteiger partial charge in [0.25, 0.3) is 5.56 Å². The molecule has 0 aliphatic carbocycles. The monoisotopic (exact) mass is 334 g/mol. The van der Waals surface area contributed by atoms with Gasteiger partial charge in [-0.2, -0.15) is 10.1 Å². The Morgan fingerprint density at radius 3 is 2.67 bits per heavy atom. The van der Waals surface area contributed by atoms with Crippen molar-refractivity contribution in [2.45, 2.75) is 33.4 Å². The maximum Gasteiger partial charge on any atom is 0.332 e. The van der Waals surface area contributed by atoms with Crippen LogP contribution in [0.5, 0.6) is 0 Å². The molecule has 9 heteroatoms. The summed E-state index contributed by atoms with van der Waals surface area (Å²) in [5, 5.41) is 6.21. The fraction of sp³-hybridized carbons (Fsp3) is 0.600. The molecule has 3 heterocycles. The average Bonchev–Trinajstić information content (AvgIpc) is 2.94. The lowest BCUT2D eigenvalue weighted by Crippen LogP contribution is -2.40. The Hall–Kier alpha value is -2.42. The highest BCUT2D eigenvalue weighted by molar-refractivity contribution is 5.87. The Morgan fingerprint density at radius 2 is 2.00 bits per heavy atom. The van der Waals surface area contributed by atoms with Crippen molar-refractivity contribution in [3.05, 3.63) is 20.8 Å². The van der Waals surface area contributed by atoms with Crippen LogP contribution in [-0.4, -0.2) is 44.7 Å².